The Kier molecular flexibility index (Phi) is 4.79. The molecule has 1 saturated heterocycles. The van der Waals surface area contributed by atoms with Crippen LogP contribution < -0.4 is 4.90 Å². The van der Waals surface area contributed by atoms with Gasteiger partial charge in [0.25, 0.3) is 5.91 Å². The second-order valence-electron chi connectivity index (χ2n) is 5.44. The van der Waals surface area contributed by atoms with E-state index in [1.165, 1.54) is 24.3 Å². The van der Waals surface area contributed by atoms with Gasteiger partial charge >= 0.3 is 6.18 Å². The van der Waals surface area contributed by atoms with E-state index in [9.17, 15) is 33.3 Å². The van der Waals surface area contributed by atoms with Gasteiger partial charge in [0.05, 0.1) is 16.2 Å². The molecule has 0 spiro atoms. The van der Waals surface area contributed by atoms with Crippen LogP contribution in [0.5, 0.6) is 17.2 Å². The van der Waals surface area contributed by atoms with Gasteiger partial charge in [-0.05, 0) is 36.4 Å². The lowest BCUT2D eigenvalue weighted by atomic mass is 10.1. The number of amides is 1. The second kappa shape index (κ2) is 6.78. The molecule has 0 bridgehead atoms. The molecule has 0 aliphatic carbocycles. The standard InChI is InChI=1S/C17H10F3NO4S2/c18-17(19,20)9-2-1-3-10(7-9)21-15(25)12(27-16(21)26)6-8-4-5-11(22)14(24)13(8)23/h1-7,22-24H/b12-6+. The number of hydrogen-bond acceptors (Lipinski definition) is 6. The van der Waals surface area contributed by atoms with Crippen molar-refractivity contribution in [2.75, 3.05) is 4.90 Å². The number of hydrogen-bond donors (Lipinski definition) is 3. The number of benzene rings is 2. The Morgan fingerprint density at radius 2 is 1.78 bits per heavy atom. The van der Waals surface area contributed by atoms with E-state index >= 15 is 0 Å². The summed E-state index contributed by atoms with van der Waals surface area (Å²) in [7, 11) is 0. The van der Waals surface area contributed by atoms with Gasteiger partial charge in [-0.1, -0.05) is 30.0 Å². The van der Waals surface area contributed by atoms with Crippen molar-refractivity contribution in [1.82, 2.24) is 0 Å². The van der Waals surface area contributed by atoms with E-state index in [0.717, 1.165) is 34.9 Å². The van der Waals surface area contributed by atoms with Crippen LogP contribution in [0.4, 0.5) is 18.9 Å². The Morgan fingerprint density at radius 3 is 2.44 bits per heavy atom. The number of alkyl halides is 3. The molecule has 27 heavy (non-hydrogen) atoms. The van der Waals surface area contributed by atoms with Gasteiger partial charge in [-0.25, -0.2) is 0 Å². The van der Waals surface area contributed by atoms with Gasteiger partial charge in [0.2, 0.25) is 5.75 Å². The number of carbonyl (C=O) groups excluding carboxylic acids is 1. The Labute approximate surface area is 160 Å². The summed E-state index contributed by atoms with van der Waals surface area (Å²) in [4.78, 5) is 13.6. The minimum Gasteiger partial charge on any atom is -0.504 e. The predicted octanol–water partition coefficient (Wildman–Crippen LogP) is 4.23. The number of carbonyl (C=O) groups is 1. The molecular weight excluding hydrogens is 403 g/mol. The van der Waals surface area contributed by atoms with Crippen molar-refractivity contribution in [3.63, 3.8) is 0 Å². The van der Waals surface area contributed by atoms with Crippen LogP contribution in [0.2, 0.25) is 0 Å². The fraction of sp³-hybridized carbons (Fsp3) is 0.0588. The highest BCUT2D eigenvalue weighted by molar-refractivity contribution is 8.27. The van der Waals surface area contributed by atoms with Gasteiger partial charge in [0.1, 0.15) is 0 Å². The zero-order valence-electron chi connectivity index (χ0n) is 13.2. The van der Waals surface area contributed by atoms with Crippen LogP contribution in [0, 0.1) is 0 Å². The average Bonchev–Trinajstić information content (AvgIpc) is 2.88. The van der Waals surface area contributed by atoms with Crippen LogP contribution >= 0.6 is 24.0 Å². The zero-order valence-corrected chi connectivity index (χ0v) is 14.8. The monoisotopic (exact) mass is 413 g/mol. The van der Waals surface area contributed by atoms with Crippen molar-refractivity contribution in [1.29, 1.82) is 0 Å². The molecule has 0 atom stereocenters. The van der Waals surface area contributed by atoms with Gasteiger partial charge in [-0.2, -0.15) is 13.2 Å². The molecule has 10 heteroatoms. The molecule has 1 amide bonds. The van der Waals surface area contributed by atoms with E-state index in [1.807, 2.05) is 0 Å². The molecule has 5 nitrogen and oxygen atoms in total. The van der Waals surface area contributed by atoms with Crippen molar-refractivity contribution >= 4 is 46.0 Å². The molecule has 1 aliphatic heterocycles. The number of phenols is 3. The summed E-state index contributed by atoms with van der Waals surface area (Å²) in [6.45, 7) is 0. The molecule has 2 aromatic rings. The molecule has 3 N–H and O–H groups in total. The second-order valence-corrected chi connectivity index (χ2v) is 7.11. The molecule has 3 rings (SSSR count). The predicted molar refractivity (Wildman–Crippen MR) is 98.5 cm³/mol. The minimum absolute atomic E-state index is 0.0214. The van der Waals surface area contributed by atoms with E-state index in [4.69, 9.17) is 12.2 Å². The molecule has 1 aliphatic rings. The summed E-state index contributed by atoms with van der Waals surface area (Å²) in [5, 5.41) is 28.7. The average molecular weight is 413 g/mol. The maximum Gasteiger partial charge on any atom is 0.416 e. The molecular formula is C17H10F3NO4S2. The van der Waals surface area contributed by atoms with E-state index in [1.54, 1.807) is 0 Å². The number of nitrogens with zero attached hydrogens (tertiary/aromatic N) is 1. The van der Waals surface area contributed by atoms with E-state index < -0.39 is 34.9 Å². The maximum absolute atomic E-state index is 12.9. The van der Waals surface area contributed by atoms with Crippen molar-refractivity contribution < 1.29 is 33.3 Å². The summed E-state index contributed by atoms with van der Waals surface area (Å²) in [5.41, 5.74) is -0.914. The van der Waals surface area contributed by atoms with Crippen LogP contribution in [-0.2, 0) is 11.0 Å². The number of halogens is 3. The van der Waals surface area contributed by atoms with Gasteiger partial charge < -0.3 is 15.3 Å². The van der Waals surface area contributed by atoms with Crippen molar-refractivity contribution in [3.05, 3.63) is 52.4 Å². The van der Waals surface area contributed by atoms with Crippen LogP contribution in [0.1, 0.15) is 11.1 Å². The summed E-state index contributed by atoms with van der Waals surface area (Å²) >= 11 is 5.94. The number of thioether (sulfide) groups is 1. The first-order chi connectivity index (χ1) is 12.6. The van der Waals surface area contributed by atoms with Crippen LogP contribution in [-0.4, -0.2) is 25.5 Å². The maximum atomic E-state index is 12.9. The fourth-order valence-corrected chi connectivity index (χ4v) is 3.64. The highest BCUT2D eigenvalue weighted by Crippen LogP contribution is 2.42. The Morgan fingerprint density at radius 1 is 1.07 bits per heavy atom. The molecule has 2 aromatic carbocycles. The molecule has 0 unspecified atom stereocenters. The summed E-state index contributed by atoms with van der Waals surface area (Å²) in [5.74, 6) is -2.60. The lowest BCUT2D eigenvalue weighted by Gasteiger charge is -2.16. The summed E-state index contributed by atoms with van der Waals surface area (Å²) < 4.78 is 38.7. The van der Waals surface area contributed by atoms with E-state index in [2.05, 4.69) is 0 Å². The Bertz CT molecular complexity index is 989. The first-order valence-corrected chi connectivity index (χ1v) is 8.51. The highest BCUT2D eigenvalue weighted by Gasteiger charge is 2.36. The first kappa shape index (κ1) is 19.1. The van der Waals surface area contributed by atoms with Gasteiger partial charge in [-0.15, -0.1) is 0 Å². The fourth-order valence-electron chi connectivity index (χ4n) is 2.35. The molecule has 1 fully saturated rings. The van der Waals surface area contributed by atoms with Gasteiger partial charge in [-0.3, -0.25) is 9.69 Å². The number of phenolic OH excluding ortho intramolecular Hbond substituents is 3. The van der Waals surface area contributed by atoms with Gasteiger partial charge in [0, 0.05) is 5.56 Å². The Hall–Kier alpha value is -2.72. The van der Waals surface area contributed by atoms with E-state index in [-0.39, 0.29) is 20.5 Å². The third kappa shape index (κ3) is 3.58. The number of thiocarbonyl (C=S) groups is 1. The lowest BCUT2D eigenvalue weighted by molar-refractivity contribution is -0.137. The van der Waals surface area contributed by atoms with Crippen molar-refractivity contribution in [2.45, 2.75) is 6.18 Å². The largest absolute Gasteiger partial charge is 0.504 e. The van der Waals surface area contributed by atoms with Crippen LogP contribution in [0.3, 0.4) is 0 Å². The number of aromatic hydroxyl groups is 3. The highest BCUT2D eigenvalue weighted by atomic mass is 32.2. The third-order valence-electron chi connectivity index (χ3n) is 3.67. The third-order valence-corrected chi connectivity index (χ3v) is 4.98. The van der Waals surface area contributed by atoms with Crippen LogP contribution in [0.25, 0.3) is 6.08 Å². The molecule has 1 heterocycles. The smallest absolute Gasteiger partial charge is 0.416 e. The first-order valence-electron chi connectivity index (χ1n) is 7.28. The topological polar surface area (TPSA) is 81.0 Å². The lowest BCUT2D eigenvalue weighted by Crippen LogP contribution is -2.27. The summed E-state index contributed by atoms with van der Waals surface area (Å²) in [6.07, 6.45) is -3.34. The summed E-state index contributed by atoms with van der Waals surface area (Å²) in [6, 6.07) is 6.58. The Balaban J connectivity index is 1.98. The van der Waals surface area contributed by atoms with Gasteiger partial charge in [0.15, 0.2) is 15.8 Å². The van der Waals surface area contributed by atoms with Crippen LogP contribution in [0.15, 0.2) is 41.3 Å². The minimum atomic E-state index is -4.57. The normalized spacial score (nSPS) is 16.4. The van der Waals surface area contributed by atoms with Crippen molar-refractivity contribution in [2.24, 2.45) is 0 Å². The molecule has 140 valence electrons. The van der Waals surface area contributed by atoms with Crippen molar-refractivity contribution in [3.8, 4) is 17.2 Å². The molecule has 0 aromatic heterocycles. The SMILES string of the molecule is O=C1/C(=C\c2ccc(O)c(O)c2O)SC(=S)N1c1cccc(C(F)(F)F)c1. The molecule has 0 radical (unpaired) electrons. The number of rotatable bonds is 2. The zero-order chi connectivity index (χ0) is 19.9. The number of anilines is 1. The quantitative estimate of drug-likeness (QED) is 0.389. The molecule has 0 saturated carbocycles. The van der Waals surface area contributed by atoms with E-state index in [0.29, 0.717) is 0 Å².